The van der Waals surface area contributed by atoms with Crippen LogP contribution in [-0.2, 0) is 0 Å². The van der Waals surface area contributed by atoms with E-state index >= 15 is 0 Å². The summed E-state index contributed by atoms with van der Waals surface area (Å²) >= 11 is 4.48. The van der Waals surface area contributed by atoms with Crippen molar-refractivity contribution in [1.29, 1.82) is 0 Å². The Hall–Kier alpha value is -1.36. The van der Waals surface area contributed by atoms with Crippen molar-refractivity contribution in [2.75, 3.05) is 10.0 Å². The molecular formula is C11H15N3OS. The molecule has 2 aromatic rings. The molecule has 2 N–H and O–H groups in total. The first-order valence-corrected chi connectivity index (χ1v) is 5.43. The fourth-order valence-corrected chi connectivity index (χ4v) is 1.59. The largest absolute Gasteiger partial charge is 0.380 e. The highest BCUT2D eigenvalue weighted by molar-refractivity contribution is 7.81. The van der Waals surface area contributed by atoms with Crippen LogP contribution in [0, 0.1) is 0 Å². The number of aromatic nitrogens is 1. The van der Waals surface area contributed by atoms with E-state index in [9.17, 15) is 0 Å². The lowest BCUT2D eigenvalue weighted by atomic mass is 10.1. The molecule has 1 aromatic carbocycles. The highest BCUT2D eigenvalue weighted by atomic mass is 32.1. The van der Waals surface area contributed by atoms with Crippen LogP contribution in [0.4, 0.5) is 11.5 Å². The molecule has 2 rings (SSSR count). The van der Waals surface area contributed by atoms with Gasteiger partial charge in [0.15, 0.2) is 11.4 Å². The predicted octanol–water partition coefficient (Wildman–Crippen LogP) is 2.86. The molecule has 0 unspecified atom stereocenters. The summed E-state index contributed by atoms with van der Waals surface area (Å²) in [6.45, 7) is 6.25. The number of nitrogens with zero attached hydrogens (tertiary/aromatic N) is 2. The Labute approximate surface area is 99.9 Å². The maximum absolute atomic E-state index is 5.71. The molecule has 1 aromatic heterocycles. The van der Waals surface area contributed by atoms with Crippen molar-refractivity contribution in [3.8, 4) is 0 Å². The third-order valence-corrected chi connectivity index (χ3v) is 3.19. The molecule has 0 radical (unpaired) electrons. The smallest absolute Gasteiger partial charge is 0.174 e. The second kappa shape index (κ2) is 3.59. The average molecular weight is 237 g/mol. The van der Waals surface area contributed by atoms with Crippen LogP contribution in [-0.4, -0.2) is 10.7 Å². The van der Waals surface area contributed by atoms with Gasteiger partial charge in [-0.3, -0.25) is 0 Å². The zero-order valence-electron chi connectivity index (χ0n) is 9.56. The lowest BCUT2D eigenvalue weighted by Crippen LogP contribution is -2.33. The molecular weight excluding hydrogens is 222 g/mol. The van der Waals surface area contributed by atoms with Gasteiger partial charge in [-0.05, 0) is 39.0 Å². The summed E-state index contributed by atoms with van der Waals surface area (Å²) in [5.74, 6) is 0.410. The summed E-state index contributed by atoms with van der Waals surface area (Å²) in [5.41, 5.74) is 7.30. The van der Waals surface area contributed by atoms with E-state index in [-0.39, 0.29) is 5.54 Å². The number of nitrogens with two attached hydrogens (primary N) is 1. The first kappa shape index (κ1) is 11.1. The molecule has 1 heterocycles. The van der Waals surface area contributed by atoms with Gasteiger partial charge < -0.3 is 14.6 Å². The van der Waals surface area contributed by atoms with Crippen molar-refractivity contribution >= 4 is 35.3 Å². The van der Waals surface area contributed by atoms with Crippen LogP contribution < -0.4 is 10.0 Å². The fourth-order valence-electron chi connectivity index (χ4n) is 1.46. The van der Waals surface area contributed by atoms with E-state index in [2.05, 4.69) is 38.7 Å². The maximum atomic E-state index is 5.71. The standard InChI is InChI=1S/C11H15N3OS/c1-11(2,3)14(16)7-4-5-9-8(6-7)10(12)13-15-9/h4-6,16H,1-3H3,(H2,12,13). The highest BCUT2D eigenvalue weighted by Gasteiger charge is 2.19. The molecule has 0 amide bonds. The topological polar surface area (TPSA) is 55.3 Å². The van der Waals surface area contributed by atoms with Crippen molar-refractivity contribution in [3.05, 3.63) is 18.2 Å². The maximum Gasteiger partial charge on any atom is 0.174 e. The average Bonchev–Trinajstić information content (AvgIpc) is 2.58. The van der Waals surface area contributed by atoms with Crippen molar-refractivity contribution in [2.24, 2.45) is 0 Å². The Kier molecular flexibility index (Phi) is 2.50. The molecule has 0 aliphatic rings. The molecule has 0 bridgehead atoms. The summed E-state index contributed by atoms with van der Waals surface area (Å²) in [6, 6.07) is 5.72. The van der Waals surface area contributed by atoms with Crippen molar-refractivity contribution in [3.63, 3.8) is 0 Å². The Morgan fingerprint density at radius 2 is 2.06 bits per heavy atom. The Balaban J connectivity index is 2.50. The fraction of sp³-hybridized carbons (Fsp3) is 0.364. The van der Waals surface area contributed by atoms with Crippen molar-refractivity contribution < 1.29 is 4.52 Å². The van der Waals surface area contributed by atoms with E-state index in [0.29, 0.717) is 11.4 Å². The first-order valence-electron chi connectivity index (χ1n) is 5.03. The zero-order valence-corrected chi connectivity index (χ0v) is 10.5. The Morgan fingerprint density at radius 3 is 2.69 bits per heavy atom. The summed E-state index contributed by atoms with van der Waals surface area (Å²) in [5, 5.41) is 4.54. The van der Waals surface area contributed by atoms with E-state index in [1.807, 2.05) is 22.5 Å². The summed E-state index contributed by atoms with van der Waals surface area (Å²) in [6.07, 6.45) is 0. The van der Waals surface area contributed by atoms with Gasteiger partial charge in [0.25, 0.3) is 0 Å². The van der Waals surface area contributed by atoms with Crippen LogP contribution in [0.1, 0.15) is 20.8 Å². The second-order valence-electron chi connectivity index (χ2n) is 4.73. The Bertz CT molecular complexity index is 515. The SMILES string of the molecule is CC(C)(C)N(S)c1ccc2onc(N)c2c1. The molecule has 86 valence electrons. The van der Waals surface area contributed by atoms with Crippen LogP contribution >= 0.6 is 12.8 Å². The number of anilines is 2. The van der Waals surface area contributed by atoms with Gasteiger partial charge in [-0.25, -0.2) is 0 Å². The number of hydrogen-bond acceptors (Lipinski definition) is 5. The van der Waals surface area contributed by atoms with Gasteiger partial charge in [0.2, 0.25) is 0 Å². The molecule has 5 heteroatoms. The zero-order chi connectivity index (χ0) is 11.9. The third-order valence-electron chi connectivity index (χ3n) is 2.36. The van der Waals surface area contributed by atoms with Crippen molar-refractivity contribution in [2.45, 2.75) is 26.3 Å². The van der Waals surface area contributed by atoms with Crippen LogP contribution in [0.15, 0.2) is 22.7 Å². The second-order valence-corrected chi connectivity index (χ2v) is 5.13. The molecule has 0 saturated carbocycles. The predicted molar refractivity (Wildman–Crippen MR) is 69.6 cm³/mol. The first-order chi connectivity index (χ1) is 7.39. The van der Waals surface area contributed by atoms with Gasteiger partial charge in [-0.2, -0.15) is 0 Å². The molecule has 0 atom stereocenters. The molecule has 0 fully saturated rings. The lowest BCUT2D eigenvalue weighted by molar-refractivity contribution is 0.460. The molecule has 0 saturated heterocycles. The number of nitrogen functional groups attached to an aromatic ring is 1. The van der Waals surface area contributed by atoms with Crippen LogP contribution in [0.5, 0.6) is 0 Å². The van der Waals surface area contributed by atoms with E-state index in [4.69, 9.17) is 10.3 Å². The highest BCUT2D eigenvalue weighted by Crippen LogP contribution is 2.30. The van der Waals surface area contributed by atoms with Gasteiger partial charge in [-0.1, -0.05) is 18.0 Å². The van der Waals surface area contributed by atoms with Gasteiger partial charge in [0.1, 0.15) is 0 Å². The summed E-state index contributed by atoms with van der Waals surface area (Å²) in [4.78, 5) is 0. The van der Waals surface area contributed by atoms with Crippen LogP contribution in [0.3, 0.4) is 0 Å². The van der Waals surface area contributed by atoms with Gasteiger partial charge in [0.05, 0.1) is 5.39 Å². The van der Waals surface area contributed by atoms with Gasteiger partial charge in [-0.15, -0.1) is 0 Å². The number of benzene rings is 1. The molecule has 0 aliphatic carbocycles. The number of hydrogen-bond donors (Lipinski definition) is 2. The normalized spacial score (nSPS) is 12.0. The lowest BCUT2D eigenvalue weighted by Gasteiger charge is -2.32. The minimum atomic E-state index is -0.0668. The quantitative estimate of drug-likeness (QED) is 0.749. The van der Waals surface area contributed by atoms with Crippen LogP contribution in [0.2, 0.25) is 0 Å². The van der Waals surface area contributed by atoms with E-state index in [1.165, 1.54) is 0 Å². The van der Waals surface area contributed by atoms with E-state index in [0.717, 1.165) is 11.1 Å². The number of fused-ring (bicyclic) bond motifs is 1. The van der Waals surface area contributed by atoms with E-state index in [1.54, 1.807) is 0 Å². The number of thiol groups is 1. The third kappa shape index (κ3) is 1.82. The molecule has 16 heavy (non-hydrogen) atoms. The number of rotatable bonds is 1. The summed E-state index contributed by atoms with van der Waals surface area (Å²) < 4.78 is 6.94. The molecule has 4 nitrogen and oxygen atoms in total. The molecule has 0 spiro atoms. The summed E-state index contributed by atoms with van der Waals surface area (Å²) in [7, 11) is 0. The Morgan fingerprint density at radius 1 is 1.38 bits per heavy atom. The van der Waals surface area contributed by atoms with E-state index < -0.39 is 0 Å². The van der Waals surface area contributed by atoms with Gasteiger partial charge >= 0.3 is 0 Å². The van der Waals surface area contributed by atoms with Gasteiger partial charge in [0, 0.05) is 11.2 Å². The monoisotopic (exact) mass is 237 g/mol. The van der Waals surface area contributed by atoms with Crippen LogP contribution in [0.25, 0.3) is 11.0 Å². The minimum absolute atomic E-state index is 0.0668. The molecule has 0 aliphatic heterocycles. The minimum Gasteiger partial charge on any atom is -0.380 e. The van der Waals surface area contributed by atoms with Crippen molar-refractivity contribution in [1.82, 2.24) is 5.16 Å².